The van der Waals surface area contributed by atoms with Crippen molar-refractivity contribution in [3.05, 3.63) is 65.5 Å². The quantitative estimate of drug-likeness (QED) is 0.675. The first-order valence-electron chi connectivity index (χ1n) is 10.7. The van der Waals surface area contributed by atoms with Gasteiger partial charge in [-0.25, -0.2) is 12.8 Å². The van der Waals surface area contributed by atoms with E-state index in [2.05, 4.69) is 10.2 Å². The van der Waals surface area contributed by atoms with Gasteiger partial charge in [0.25, 0.3) is 5.91 Å². The predicted octanol–water partition coefficient (Wildman–Crippen LogP) is 3.25. The second kappa shape index (κ2) is 10.3. The largest absolute Gasteiger partial charge is 0.349 e. The Morgan fingerprint density at radius 1 is 1.10 bits per heavy atom. The van der Waals surface area contributed by atoms with Crippen LogP contribution in [0.1, 0.15) is 42.6 Å². The molecule has 0 radical (unpaired) electrons. The van der Waals surface area contributed by atoms with Gasteiger partial charge in [-0.1, -0.05) is 32.0 Å². The molecule has 8 heteroatoms. The molecule has 0 spiro atoms. The van der Waals surface area contributed by atoms with Crippen molar-refractivity contribution in [1.82, 2.24) is 14.5 Å². The van der Waals surface area contributed by atoms with E-state index < -0.39 is 10.0 Å². The lowest BCUT2D eigenvalue weighted by Gasteiger charge is -2.32. The maximum atomic E-state index is 13.1. The molecule has 1 amide bonds. The van der Waals surface area contributed by atoms with Crippen molar-refractivity contribution in [2.24, 2.45) is 0 Å². The van der Waals surface area contributed by atoms with Crippen LogP contribution in [0, 0.1) is 5.82 Å². The molecular formula is C23H30FN3O3S. The fourth-order valence-electron chi connectivity index (χ4n) is 3.86. The van der Waals surface area contributed by atoms with Crippen molar-refractivity contribution >= 4 is 15.9 Å². The van der Waals surface area contributed by atoms with E-state index in [0.29, 0.717) is 18.7 Å². The first-order chi connectivity index (χ1) is 14.8. The van der Waals surface area contributed by atoms with Crippen molar-refractivity contribution < 1.29 is 17.6 Å². The highest BCUT2D eigenvalue weighted by molar-refractivity contribution is 7.89. The number of amides is 1. The van der Waals surface area contributed by atoms with Crippen LogP contribution >= 0.6 is 0 Å². The molecule has 6 nitrogen and oxygen atoms in total. The molecule has 2 aromatic carbocycles. The van der Waals surface area contributed by atoms with Gasteiger partial charge in [0, 0.05) is 44.3 Å². The number of carbonyl (C=O) groups is 1. The molecular weight excluding hydrogens is 417 g/mol. The first-order valence-corrected chi connectivity index (χ1v) is 12.2. The van der Waals surface area contributed by atoms with Gasteiger partial charge >= 0.3 is 0 Å². The van der Waals surface area contributed by atoms with E-state index >= 15 is 0 Å². The van der Waals surface area contributed by atoms with Crippen molar-refractivity contribution in [3.8, 4) is 0 Å². The van der Waals surface area contributed by atoms with Gasteiger partial charge in [0.05, 0.1) is 4.90 Å². The fourth-order valence-corrected chi connectivity index (χ4v) is 5.37. The Morgan fingerprint density at radius 2 is 1.74 bits per heavy atom. The summed E-state index contributed by atoms with van der Waals surface area (Å²) in [5.41, 5.74) is 1.41. The highest BCUT2D eigenvalue weighted by Crippen LogP contribution is 2.18. The average Bonchev–Trinajstić information content (AvgIpc) is 2.77. The van der Waals surface area contributed by atoms with Gasteiger partial charge in [0.15, 0.2) is 0 Å². The standard InChI is InChI=1S/C23H30FN3O3S/c1-3-27(4-2)31(29,30)22-7-5-6-19(16-22)23(28)25-21-12-14-26(15-13-21)17-18-8-10-20(24)11-9-18/h5-11,16,21H,3-4,12-15,17H2,1-2H3,(H,25,28). The second-order valence-electron chi connectivity index (χ2n) is 7.77. The minimum absolute atomic E-state index is 0.0417. The summed E-state index contributed by atoms with van der Waals surface area (Å²) in [6.45, 7) is 6.77. The summed E-state index contributed by atoms with van der Waals surface area (Å²) < 4.78 is 39.9. The molecule has 1 fully saturated rings. The lowest BCUT2D eigenvalue weighted by Crippen LogP contribution is -2.44. The average molecular weight is 448 g/mol. The molecule has 0 aromatic heterocycles. The minimum atomic E-state index is -3.61. The Labute approximate surface area is 184 Å². The fraction of sp³-hybridized carbons (Fsp3) is 0.435. The normalized spacial score (nSPS) is 15.9. The third-order valence-electron chi connectivity index (χ3n) is 5.68. The molecule has 1 aliphatic heterocycles. The van der Waals surface area contributed by atoms with Crippen LogP contribution in [0.15, 0.2) is 53.4 Å². The monoisotopic (exact) mass is 447 g/mol. The summed E-state index contributed by atoms with van der Waals surface area (Å²) in [5.74, 6) is -0.493. The van der Waals surface area contributed by atoms with Crippen LogP contribution in [0.4, 0.5) is 4.39 Å². The number of piperidine rings is 1. The Kier molecular flexibility index (Phi) is 7.80. The molecule has 0 aliphatic carbocycles. The van der Waals surface area contributed by atoms with E-state index in [9.17, 15) is 17.6 Å². The maximum absolute atomic E-state index is 13.1. The topological polar surface area (TPSA) is 69.7 Å². The van der Waals surface area contributed by atoms with Crippen LogP contribution in [0.5, 0.6) is 0 Å². The third kappa shape index (κ3) is 5.90. The molecule has 0 saturated carbocycles. The van der Waals surface area contributed by atoms with Gasteiger partial charge in [0.2, 0.25) is 10.0 Å². The van der Waals surface area contributed by atoms with E-state index in [1.807, 2.05) is 0 Å². The van der Waals surface area contributed by atoms with Gasteiger partial charge < -0.3 is 5.32 Å². The number of nitrogens with one attached hydrogen (secondary N) is 1. The van der Waals surface area contributed by atoms with Crippen LogP contribution in [0.3, 0.4) is 0 Å². The number of rotatable bonds is 8. The lowest BCUT2D eigenvalue weighted by molar-refractivity contribution is 0.0908. The summed E-state index contributed by atoms with van der Waals surface area (Å²) in [6, 6.07) is 12.8. The van der Waals surface area contributed by atoms with Gasteiger partial charge in [-0.2, -0.15) is 4.31 Å². The SMILES string of the molecule is CCN(CC)S(=O)(=O)c1cccc(C(=O)NC2CCN(Cc3ccc(F)cc3)CC2)c1. The Bertz CT molecular complexity index is 983. The van der Waals surface area contributed by atoms with Crippen LogP contribution in [-0.4, -0.2) is 55.8 Å². The molecule has 1 N–H and O–H groups in total. The van der Waals surface area contributed by atoms with Crippen molar-refractivity contribution in [2.45, 2.75) is 44.2 Å². The van der Waals surface area contributed by atoms with Crippen molar-refractivity contribution in [1.29, 1.82) is 0 Å². The molecule has 31 heavy (non-hydrogen) atoms. The molecule has 3 rings (SSSR count). The highest BCUT2D eigenvalue weighted by Gasteiger charge is 2.24. The Hall–Kier alpha value is -2.29. The summed E-state index contributed by atoms with van der Waals surface area (Å²) in [6.07, 6.45) is 1.62. The number of sulfonamides is 1. The minimum Gasteiger partial charge on any atom is -0.349 e. The van der Waals surface area contributed by atoms with Gasteiger partial charge in [-0.05, 0) is 48.7 Å². The molecule has 1 heterocycles. The number of halogens is 1. The second-order valence-corrected chi connectivity index (χ2v) is 9.71. The number of nitrogens with zero attached hydrogens (tertiary/aromatic N) is 2. The summed E-state index contributed by atoms with van der Waals surface area (Å²) in [7, 11) is -3.61. The van der Waals surface area contributed by atoms with E-state index in [0.717, 1.165) is 38.0 Å². The molecule has 1 saturated heterocycles. The van der Waals surface area contributed by atoms with Crippen molar-refractivity contribution in [2.75, 3.05) is 26.2 Å². The zero-order valence-corrected chi connectivity index (χ0v) is 18.9. The zero-order valence-electron chi connectivity index (χ0n) is 18.1. The van der Waals surface area contributed by atoms with Gasteiger partial charge in [-0.15, -0.1) is 0 Å². The summed E-state index contributed by atoms with van der Waals surface area (Å²) in [4.78, 5) is 15.2. The van der Waals surface area contributed by atoms with Crippen LogP contribution < -0.4 is 5.32 Å². The summed E-state index contributed by atoms with van der Waals surface area (Å²) in [5, 5.41) is 3.04. The highest BCUT2D eigenvalue weighted by atomic mass is 32.2. The molecule has 1 aliphatic rings. The number of hydrogen-bond acceptors (Lipinski definition) is 4. The van der Waals surface area contributed by atoms with Crippen LogP contribution in [-0.2, 0) is 16.6 Å². The van der Waals surface area contributed by atoms with E-state index in [1.165, 1.54) is 28.6 Å². The molecule has 0 atom stereocenters. The number of carbonyl (C=O) groups excluding carboxylic acids is 1. The maximum Gasteiger partial charge on any atom is 0.251 e. The molecule has 0 bridgehead atoms. The smallest absolute Gasteiger partial charge is 0.251 e. The van der Waals surface area contributed by atoms with Crippen LogP contribution in [0.2, 0.25) is 0 Å². The molecule has 168 valence electrons. The lowest BCUT2D eigenvalue weighted by atomic mass is 10.0. The molecule has 0 unspecified atom stereocenters. The van der Waals surface area contributed by atoms with Crippen molar-refractivity contribution in [3.63, 3.8) is 0 Å². The van der Waals surface area contributed by atoms with E-state index in [4.69, 9.17) is 0 Å². The predicted molar refractivity (Wildman–Crippen MR) is 119 cm³/mol. The van der Waals surface area contributed by atoms with E-state index in [1.54, 1.807) is 38.1 Å². The zero-order chi connectivity index (χ0) is 22.4. The van der Waals surface area contributed by atoms with Crippen LogP contribution in [0.25, 0.3) is 0 Å². The third-order valence-corrected chi connectivity index (χ3v) is 7.73. The molecule has 2 aromatic rings. The Morgan fingerprint density at radius 3 is 2.35 bits per heavy atom. The Balaban J connectivity index is 1.57. The number of hydrogen-bond donors (Lipinski definition) is 1. The van der Waals surface area contributed by atoms with Gasteiger partial charge in [-0.3, -0.25) is 9.69 Å². The number of likely N-dealkylation sites (tertiary alicyclic amines) is 1. The summed E-state index contributed by atoms with van der Waals surface area (Å²) >= 11 is 0. The first kappa shape index (κ1) is 23.4. The number of benzene rings is 2. The van der Waals surface area contributed by atoms with Gasteiger partial charge in [0.1, 0.15) is 5.82 Å². The van der Waals surface area contributed by atoms with E-state index in [-0.39, 0.29) is 22.7 Å².